The van der Waals surface area contributed by atoms with E-state index in [2.05, 4.69) is 11.1 Å². The maximum Gasteiger partial charge on any atom is 0.338 e. The number of benzene rings is 1. The molecule has 0 fully saturated rings. The molecule has 0 spiro atoms. The van der Waals surface area contributed by atoms with Crippen LogP contribution in [0, 0.1) is 11.3 Å². The van der Waals surface area contributed by atoms with Gasteiger partial charge in [0.25, 0.3) is 0 Å². The van der Waals surface area contributed by atoms with Crippen LogP contribution in [-0.2, 0) is 9.53 Å². The molecule has 2 N–H and O–H groups in total. The summed E-state index contributed by atoms with van der Waals surface area (Å²) >= 11 is 13.6. The number of thioether (sulfide) groups is 1. The van der Waals surface area contributed by atoms with Crippen molar-refractivity contribution in [2.24, 2.45) is 10.7 Å². The van der Waals surface area contributed by atoms with E-state index in [9.17, 15) is 10.1 Å². The molecule has 0 amide bonds. The number of halogens is 2. The first-order chi connectivity index (χ1) is 15.9. The standard InChI is InChI=1S/C23H20Cl2N4O3S/c1-3-5-15-19(22(30)31-4-2)20(29-21(27)18(11-26)33-23(29)28-15)17-9-8-16(32-17)13-7-6-12(24)10-14(13)25/h6-10,20H,3-5,27H2,1-2H3/t20-/m0/s1. The van der Waals surface area contributed by atoms with E-state index in [1.54, 1.807) is 42.2 Å². The van der Waals surface area contributed by atoms with Gasteiger partial charge in [-0.2, -0.15) is 5.26 Å². The van der Waals surface area contributed by atoms with Gasteiger partial charge in [0, 0.05) is 10.6 Å². The predicted molar refractivity (Wildman–Crippen MR) is 129 cm³/mol. The van der Waals surface area contributed by atoms with Crippen LogP contribution in [0.3, 0.4) is 0 Å². The second-order valence-electron chi connectivity index (χ2n) is 7.25. The number of carbonyl (C=O) groups is 1. The fraction of sp³-hybridized carbons (Fsp3) is 0.261. The Kier molecular flexibility index (Phi) is 6.75. The maximum atomic E-state index is 13.1. The van der Waals surface area contributed by atoms with Crippen LogP contribution in [0.1, 0.15) is 38.5 Å². The van der Waals surface area contributed by atoms with E-state index < -0.39 is 12.0 Å². The normalized spacial score (nSPS) is 17.7. The van der Waals surface area contributed by atoms with E-state index in [4.69, 9.17) is 38.1 Å². The molecule has 0 bridgehead atoms. The lowest BCUT2D eigenvalue weighted by atomic mass is 9.97. The number of ether oxygens (including phenoxy) is 1. The minimum Gasteiger partial charge on any atom is -0.463 e. The zero-order chi connectivity index (χ0) is 23.7. The second-order valence-corrected chi connectivity index (χ2v) is 9.07. The molecule has 1 aromatic carbocycles. The number of esters is 1. The summed E-state index contributed by atoms with van der Waals surface area (Å²) in [5.74, 6) is 0.666. The first-order valence-electron chi connectivity index (χ1n) is 10.3. The van der Waals surface area contributed by atoms with Gasteiger partial charge >= 0.3 is 5.97 Å². The van der Waals surface area contributed by atoms with Crippen LogP contribution < -0.4 is 5.73 Å². The number of nitriles is 1. The quantitative estimate of drug-likeness (QED) is 0.484. The third-order valence-corrected chi connectivity index (χ3v) is 6.66. The topological polar surface area (TPSA) is 105 Å². The lowest BCUT2D eigenvalue weighted by Gasteiger charge is -2.33. The van der Waals surface area contributed by atoms with Crippen LogP contribution in [0.4, 0.5) is 0 Å². The average molecular weight is 503 g/mol. The molecule has 0 aliphatic carbocycles. The Bertz CT molecular complexity index is 1260. The summed E-state index contributed by atoms with van der Waals surface area (Å²) in [7, 11) is 0. The third kappa shape index (κ3) is 4.24. The van der Waals surface area contributed by atoms with Gasteiger partial charge in [0.1, 0.15) is 34.4 Å². The largest absolute Gasteiger partial charge is 0.463 e. The first kappa shape index (κ1) is 23.3. The molecule has 2 aromatic rings. The first-order valence-corrected chi connectivity index (χ1v) is 11.9. The van der Waals surface area contributed by atoms with Crippen molar-refractivity contribution >= 4 is 46.1 Å². The SMILES string of the molecule is CCCC1=C(C(=O)OCC)[C@H](c2ccc(-c3ccc(Cl)cc3Cl)o2)N2C(=N1)SC(C#N)=C2N. The van der Waals surface area contributed by atoms with Crippen LogP contribution in [0.25, 0.3) is 11.3 Å². The molecule has 3 heterocycles. The highest BCUT2D eigenvalue weighted by Crippen LogP contribution is 2.47. The van der Waals surface area contributed by atoms with E-state index in [0.29, 0.717) is 54.9 Å². The van der Waals surface area contributed by atoms with E-state index in [0.717, 1.165) is 6.42 Å². The fourth-order valence-corrected chi connectivity index (χ4v) is 5.13. The molecule has 1 aromatic heterocycles. The van der Waals surface area contributed by atoms with Gasteiger partial charge in [-0.3, -0.25) is 4.90 Å². The van der Waals surface area contributed by atoms with E-state index in [1.807, 2.05) is 6.92 Å². The van der Waals surface area contributed by atoms with Crippen LogP contribution >= 0.6 is 35.0 Å². The van der Waals surface area contributed by atoms with Crippen molar-refractivity contribution in [3.8, 4) is 17.4 Å². The molecule has 7 nitrogen and oxygen atoms in total. The highest BCUT2D eigenvalue weighted by atomic mass is 35.5. The van der Waals surface area contributed by atoms with Gasteiger partial charge < -0.3 is 14.9 Å². The molecule has 1 atom stereocenters. The van der Waals surface area contributed by atoms with E-state index in [-0.39, 0.29) is 12.4 Å². The molecular weight excluding hydrogens is 483 g/mol. The van der Waals surface area contributed by atoms with E-state index >= 15 is 0 Å². The lowest BCUT2D eigenvalue weighted by Crippen LogP contribution is -2.38. The molecule has 10 heteroatoms. The minimum atomic E-state index is -0.740. The zero-order valence-electron chi connectivity index (χ0n) is 17.9. The number of fused-ring (bicyclic) bond motifs is 1. The molecule has 0 unspecified atom stereocenters. The number of furan rings is 1. The van der Waals surface area contributed by atoms with Gasteiger partial charge in [-0.15, -0.1) is 0 Å². The summed E-state index contributed by atoms with van der Waals surface area (Å²) in [5.41, 5.74) is 7.91. The second kappa shape index (κ2) is 9.56. The molecular formula is C23H20Cl2N4O3S. The Morgan fingerprint density at radius 2 is 2.12 bits per heavy atom. The average Bonchev–Trinajstić information content (AvgIpc) is 3.38. The van der Waals surface area contributed by atoms with Gasteiger partial charge in [0.15, 0.2) is 5.17 Å². The number of hydrogen-bond donors (Lipinski definition) is 1. The van der Waals surface area contributed by atoms with Gasteiger partial charge in [-0.1, -0.05) is 36.5 Å². The van der Waals surface area contributed by atoms with Gasteiger partial charge in [-0.05, 0) is 55.4 Å². The zero-order valence-corrected chi connectivity index (χ0v) is 20.2. The molecule has 0 radical (unpaired) electrons. The maximum absolute atomic E-state index is 13.1. The van der Waals surface area contributed by atoms with Gasteiger partial charge in [0.2, 0.25) is 0 Å². The van der Waals surface area contributed by atoms with Crippen molar-refractivity contribution in [3.63, 3.8) is 0 Å². The van der Waals surface area contributed by atoms with Crippen molar-refractivity contribution in [1.82, 2.24) is 4.90 Å². The smallest absolute Gasteiger partial charge is 0.338 e. The van der Waals surface area contributed by atoms with Crippen LogP contribution in [0.2, 0.25) is 10.0 Å². The monoisotopic (exact) mass is 502 g/mol. The fourth-order valence-electron chi connectivity index (χ4n) is 3.74. The van der Waals surface area contributed by atoms with Crippen molar-refractivity contribution < 1.29 is 13.9 Å². The Balaban J connectivity index is 1.88. The summed E-state index contributed by atoms with van der Waals surface area (Å²) in [4.78, 5) is 19.7. The summed E-state index contributed by atoms with van der Waals surface area (Å²) in [6, 6.07) is 10.0. The highest BCUT2D eigenvalue weighted by Gasteiger charge is 2.44. The van der Waals surface area contributed by atoms with Crippen LogP contribution in [0.5, 0.6) is 0 Å². The molecule has 2 aliphatic heterocycles. The summed E-state index contributed by atoms with van der Waals surface area (Å²) in [6.45, 7) is 3.95. The Labute approximate surface area is 205 Å². The summed E-state index contributed by atoms with van der Waals surface area (Å²) < 4.78 is 11.6. The van der Waals surface area contributed by atoms with Crippen molar-refractivity contribution in [1.29, 1.82) is 5.26 Å². The molecule has 0 saturated heterocycles. The number of aliphatic imine (C=N–C) groups is 1. The number of rotatable bonds is 6. The van der Waals surface area contributed by atoms with Gasteiger partial charge in [0.05, 0.1) is 22.9 Å². The Morgan fingerprint density at radius 3 is 2.79 bits per heavy atom. The van der Waals surface area contributed by atoms with Crippen molar-refractivity contribution in [2.45, 2.75) is 32.7 Å². The Morgan fingerprint density at radius 1 is 1.33 bits per heavy atom. The molecule has 33 heavy (non-hydrogen) atoms. The number of nitrogens with zero attached hydrogens (tertiary/aromatic N) is 3. The number of allylic oxidation sites excluding steroid dienone is 2. The number of amidine groups is 1. The summed E-state index contributed by atoms with van der Waals surface area (Å²) in [5, 5.41) is 11.0. The Hall–Kier alpha value is -2.86. The molecule has 0 saturated carbocycles. The number of hydrogen-bond acceptors (Lipinski definition) is 8. The number of nitrogens with two attached hydrogens (primary N) is 1. The third-order valence-electron chi connectivity index (χ3n) is 5.14. The van der Waals surface area contributed by atoms with E-state index in [1.165, 1.54) is 11.8 Å². The minimum absolute atomic E-state index is 0.207. The van der Waals surface area contributed by atoms with Crippen molar-refractivity contribution in [2.75, 3.05) is 6.61 Å². The highest BCUT2D eigenvalue weighted by molar-refractivity contribution is 8.17. The molecule has 2 aliphatic rings. The van der Waals surface area contributed by atoms with Crippen molar-refractivity contribution in [3.05, 3.63) is 68.1 Å². The lowest BCUT2D eigenvalue weighted by molar-refractivity contribution is -0.139. The molecule has 170 valence electrons. The van der Waals surface area contributed by atoms with Gasteiger partial charge in [-0.25, -0.2) is 9.79 Å². The summed E-state index contributed by atoms with van der Waals surface area (Å²) in [6.07, 6.45) is 1.32. The molecule has 4 rings (SSSR count). The van der Waals surface area contributed by atoms with Crippen LogP contribution in [-0.4, -0.2) is 22.6 Å². The predicted octanol–water partition coefficient (Wildman–Crippen LogP) is 5.98. The number of carbonyl (C=O) groups excluding carboxylic acids is 1. The van der Waals surface area contributed by atoms with Crippen LogP contribution in [0.15, 0.2) is 61.7 Å².